The molecule has 1 aliphatic rings. The summed E-state index contributed by atoms with van der Waals surface area (Å²) in [5.41, 5.74) is 2.03. The van der Waals surface area contributed by atoms with Gasteiger partial charge in [0.05, 0.1) is 11.1 Å². The normalized spacial score (nSPS) is 15.6. The van der Waals surface area contributed by atoms with Crippen molar-refractivity contribution < 1.29 is 9.59 Å². The van der Waals surface area contributed by atoms with E-state index >= 15 is 0 Å². The molecule has 3 nitrogen and oxygen atoms in total. The predicted octanol–water partition coefficient (Wildman–Crippen LogP) is 2.68. The van der Waals surface area contributed by atoms with Crippen molar-refractivity contribution >= 4 is 27.7 Å². The smallest absolute Gasteiger partial charge is 0.259 e. The second kappa shape index (κ2) is 5.00. The van der Waals surface area contributed by atoms with E-state index < -0.39 is 0 Å². The zero-order valence-corrected chi connectivity index (χ0v) is 11.2. The van der Waals surface area contributed by atoms with Gasteiger partial charge in [-0.25, -0.2) is 0 Å². The molecule has 1 N–H and O–H groups in total. The minimum atomic E-state index is -0.280. The highest BCUT2D eigenvalue weighted by Gasteiger charge is 2.28. The summed E-state index contributed by atoms with van der Waals surface area (Å²) in [6, 6.07) is 5.46. The van der Waals surface area contributed by atoms with Crippen LogP contribution in [0.3, 0.4) is 0 Å². The number of hydrogen-bond donors (Lipinski definition) is 1. The number of hydrogen-bond acceptors (Lipinski definition) is 2. The molecule has 17 heavy (non-hydrogen) atoms. The van der Waals surface area contributed by atoms with E-state index in [-0.39, 0.29) is 11.8 Å². The van der Waals surface area contributed by atoms with Gasteiger partial charge in [0.25, 0.3) is 11.8 Å². The lowest BCUT2D eigenvalue weighted by Crippen LogP contribution is -2.20. The Bertz CT molecular complexity index is 470. The highest BCUT2D eigenvalue weighted by Crippen LogP contribution is 2.23. The highest BCUT2D eigenvalue weighted by atomic mass is 79.9. The first-order chi connectivity index (χ1) is 8.13. The quantitative estimate of drug-likeness (QED) is 0.686. The van der Waals surface area contributed by atoms with Crippen LogP contribution in [-0.2, 0) is 6.42 Å². The fraction of sp³-hybridized carbons (Fsp3) is 0.385. The monoisotopic (exact) mass is 295 g/mol. The number of imide groups is 1. The van der Waals surface area contributed by atoms with Gasteiger partial charge in [-0.05, 0) is 30.9 Å². The van der Waals surface area contributed by atoms with Gasteiger partial charge in [0.1, 0.15) is 0 Å². The number of fused-ring (bicyclic) bond motifs is 1. The van der Waals surface area contributed by atoms with Crippen molar-refractivity contribution in [3.8, 4) is 0 Å². The maximum Gasteiger partial charge on any atom is 0.259 e. The first-order valence-corrected chi connectivity index (χ1v) is 6.66. The van der Waals surface area contributed by atoms with Crippen LogP contribution in [0.15, 0.2) is 18.2 Å². The molecule has 0 aromatic heterocycles. The van der Waals surface area contributed by atoms with Crippen LogP contribution in [0.4, 0.5) is 0 Å². The number of benzene rings is 1. The second-order valence-corrected chi connectivity index (χ2v) is 5.46. The number of halogens is 1. The van der Waals surface area contributed by atoms with Crippen LogP contribution in [0, 0.1) is 0 Å². The van der Waals surface area contributed by atoms with Gasteiger partial charge in [-0.3, -0.25) is 14.9 Å². The molecular weight excluding hydrogens is 282 g/mol. The van der Waals surface area contributed by atoms with E-state index in [0.29, 0.717) is 16.0 Å². The van der Waals surface area contributed by atoms with E-state index in [1.807, 2.05) is 12.1 Å². The number of rotatable bonds is 4. The number of carbonyl (C=O) groups is 2. The molecule has 0 saturated carbocycles. The number of nitrogens with one attached hydrogen (secondary N) is 1. The van der Waals surface area contributed by atoms with Crippen molar-refractivity contribution in [3.05, 3.63) is 34.9 Å². The standard InChI is InChI=1S/C13H14BrNO2/c1-2-9(14)7-6-8-4-3-5-10-11(8)13(17)15-12(10)16/h3-5,9H,2,6-7H2,1H3,(H,15,16,17). The lowest BCUT2D eigenvalue weighted by Gasteiger charge is -2.08. The Hall–Kier alpha value is -1.16. The summed E-state index contributed by atoms with van der Waals surface area (Å²) in [6.45, 7) is 2.12. The fourth-order valence-electron chi connectivity index (χ4n) is 2.02. The molecule has 2 amide bonds. The van der Waals surface area contributed by atoms with Crippen molar-refractivity contribution in [2.75, 3.05) is 0 Å². The summed E-state index contributed by atoms with van der Waals surface area (Å²) < 4.78 is 0. The minimum Gasteiger partial charge on any atom is -0.288 e. The third-order valence-corrected chi connectivity index (χ3v) is 4.12. The molecular formula is C13H14BrNO2. The maximum atomic E-state index is 11.7. The minimum absolute atomic E-state index is 0.261. The Labute approximate surface area is 109 Å². The van der Waals surface area contributed by atoms with Gasteiger partial charge in [0.15, 0.2) is 0 Å². The van der Waals surface area contributed by atoms with E-state index in [0.717, 1.165) is 24.8 Å². The Morgan fingerprint density at radius 2 is 2.06 bits per heavy atom. The predicted molar refractivity (Wildman–Crippen MR) is 69.6 cm³/mol. The third-order valence-electron chi connectivity index (χ3n) is 3.02. The van der Waals surface area contributed by atoms with Crippen molar-refractivity contribution in [1.29, 1.82) is 0 Å². The molecule has 2 rings (SSSR count). The lowest BCUT2D eigenvalue weighted by molar-refractivity contribution is 0.0879. The van der Waals surface area contributed by atoms with Gasteiger partial charge in [0, 0.05) is 4.83 Å². The van der Waals surface area contributed by atoms with Crippen LogP contribution >= 0.6 is 15.9 Å². The summed E-state index contributed by atoms with van der Waals surface area (Å²) >= 11 is 3.57. The summed E-state index contributed by atoms with van der Waals surface area (Å²) in [5.74, 6) is -0.541. The van der Waals surface area contributed by atoms with E-state index in [2.05, 4.69) is 28.2 Å². The number of alkyl halides is 1. The molecule has 0 saturated heterocycles. The van der Waals surface area contributed by atoms with Gasteiger partial charge in [-0.2, -0.15) is 0 Å². The zero-order valence-electron chi connectivity index (χ0n) is 9.63. The van der Waals surface area contributed by atoms with Gasteiger partial charge >= 0.3 is 0 Å². The molecule has 0 spiro atoms. The molecule has 0 bridgehead atoms. The summed E-state index contributed by atoms with van der Waals surface area (Å²) in [6.07, 6.45) is 2.84. The van der Waals surface area contributed by atoms with Crippen molar-refractivity contribution in [1.82, 2.24) is 5.32 Å². The Kier molecular flexibility index (Phi) is 3.62. The van der Waals surface area contributed by atoms with E-state index in [1.54, 1.807) is 6.07 Å². The average Bonchev–Trinajstić information content (AvgIpc) is 2.63. The van der Waals surface area contributed by atoms with Gasteiger partial charge in [0.2, 0.25) is 0 Å². The summed E-state index contributed by atoms with van der Waals surface area (Å²) in [7, 11) is 0. The average molecular weight is 296 g/mol. The molecule has 1 heterocycles. The van der Waals surface area contributed by atoms with Crippen LogP contribution in [0.25, 0.3) is 0 Å². The zero-order chi connectivity index (χ0) is 12.4. The molecule has 4 heteroatoms. The van der Waals surface area contributed by atoms with Crippen LogP contribution in [-0.4, -0.2) is 16.6 Å². The van der Waals surface area contributed by atoms with Gasteiger partial charge < -0.3 is 0 Å². The number of aryl methyl sites for hydroxylation is 1. The van der Waals surface area contributed by atoms with Crippen LogP contribution in [0.1, 0.15) is 46.0 Å². The summed E-state index contributed by atoms with van der Waals surface area (Å²) in [4.78, 5) is 23.6. The van der Waals surface area contributed by atoms with E-state index in [9.17, 15) is 9.59 Å². The van der Waals surface area contributed by atoms with Crippen LogP contribution in [0.2, 0.25) is 0 Å². The van der Waals surface area contributed by atoms with Gasteiger partial charge in [-0.1, -0.05) is 35.0 Å². The molecule has 1 aromatic rings. The molecule has 0 aliphatic carbocycles. The summed E-state index contributed by atoms with van der Waals surface area (Å²) in [5, 5.41) is 2.33. The molecule has 0 fully saturated rings. The molecule has 1 unspecified atom stereocenters. The van der Waals surface area contributed by atoms with Crippen molar-refractivity contribution in [3.63, 3.8) is 0 Å². The third kappa shape index (κ3) is 2.41. The van der Waals surface area contributed by atoms with Gasteiger partial charge in [-0.15, -0.1) is 0 Å². The molecule has 90 valence electrons. The highest BCUT2D eigenvalue weighted by molar-refractivity contribution is 9.09. The Morgan fingerprint density at radius 3 is 2.76 bits per heavy atom. The Balaban J connectivity index is 2.25. The molecule has 1 aliphatic heterocycles. The molecule has 1 aromatic carbocycles. The van der Waals surface area contributed by atoms with E-state index in [4.69, 9.17) is 0 Å². The molecule has 0 radical (unpaired) electrons. The molecule has 1 atom stereocenters. The van der Waals surface area contributed by atoms with Crippen molar-refractivity contribution in [2.24, 2.45) is 0 Å². The number of amides is 2. The lowest BCUT2D eigenvalue weighted by atomic mass is 9.98. The number of carbonyl (C=O) groups excluding carboxylic acids is 2. The first kappa shape index (κ1) is 12.3. The van der Waals surface area contributed by atoms with Crippen molar-refractivity contribution in [2.45, 2.75) is 31.0 Å². The largest absolute Gasteiger partial charge is 0.288 e. The van der Waals surface area contributed by atoms with Crippen LogP contribution in [0.5, 0.6) is 0 Å². The van der Waals surface area contributed by atoms with E-state index in [1.165, 1.54) is 0 Å². The fourth-order valence-corrected chi connectivity index (χ4v) is 2.24. The maximum absolute atomic E-state index is 11.7. The van der Waals surface area contributed by atoms with Crippen LogP contribution < -0.4 is 5.32 Å². The Morgan fingerprint density at radius 1 is 1.29 bits per heavy atom. The first-order valence-electron chi connectivity index (χ1n) is 5.75. The topological polar surface area (TPSA) is 46.2 Å². The second-order valence-electron chi connectivity index (χ2n) is 4.17. The SMILES string of the molecule is CCC(Br)CCc1cccc2c1C(=O)NC2=O.